The third kappa shape index (κ3) is 4.52. The average molecular weight is 408 g/mol. The topological polar surface area (TPSA) is 74.5 Å². The molecule has 0 amide bonds. The molecule has 10 heteroatoms. The van der Waals surface area contributed by atoms with Crippen molar-refractivity contribution in [2.75, 3.05) is 78.9 Å². The first kappa shape index (κ1) is 20.1. The highest BCUT2D eigenvalue weighted by atomic mass is 31.2. The molecule has 9 nitrogen and oxygen atoms in total. The Morgan fingerprint density at radius 1 is 0.643 bits per heavy atom. The van der Waals surface area contributed by atoms with Crippen LogP contribution in [0.1, 0.15) is 0 Å². The molecular weight excluding hydrogens is 379 g/mol. The van der Waals surface area contributed by atoms with Crippen LogP contribution < -0.4 is 0 Å². The van der Waals surface area contributed by atoms with Crippen LogP contribution >= 0.6 is 7.51 Å². The van der Waals surface area contributed by atoms with Crippen LogP contribution in [0.2, 0.25) is 0 Å². The standard InChI is InChI=1S/C18H29N6O3P/c1-2-4-18(5-3-1)19-20-21-28(22-6-12-25-13-7-22,23-8-14-26-15-9-23)24-10-16-27-17-11-24/h1-5H,6-17H2. The monoisotopic (exact) mass is 408 g/mol. The van der Waals surface area contributed by atoms with Crippen molar-refractivity contribution in [1.82, 2.24) is 14.0 Å². The predicted octanol–water partition coefficient (Wildman–Crippen LogP) is 2.63. The molecule has 0 aliphatic carbocycles. The van der Waals surface area contributed by atoms with Gasteiger partial charge < -0.3 is 14.2 Å². The van der Waals surface area contributed by atoms with E-state index in [1.165, 1.54) is 0 Å². The quantitative estimate of drug-likeness (QED) is 0.424. The van der Waals surface area contributed by atoms with Crippen LogP contribution in [0, 0.1) is 0 Å². The Balaban J connectivity index is 1.73. The Morgan fingerprint density at radius 2 is 1.07 bits per heavy atom. The number of hydrogen-bond acceptors (Lipinski definition) is 4. The van der Waals surface area contributed by atoms with E-state index in [1.54, 1.807) is 0 Å². The zero-order chi connectivity index (χ0) is 19.1. The normalized spacial score (nSPS) is 23.9. The fraction of sp³-hybridized carbons (Fsp3) is 0.667. The summed E-state index contributed by atoms with van der Waals surface area (Å²) in [6.45, 7) is 9.47. The first-order valence-electron chi connectivity index (χ1n) is 9.96. The Kier molecular flexibility index (Phi) is 7.20. The van der Waals surface area contributed by atoms with Crippen LogP contribution in [0.3, 0.4) is 0 Å². The first-order valence-corrected chi connectivity index (χ1v) is 11.6. The lowest BCUT2D eigenvalue weighted by Crippen LogP contribution is -2.50. The molecule has 0 spiro atoms. The fourth-order valence-corrected chi connectivity index (χ4v) is 7.45. The van der Waals surface area contributed by atoms with E-state index in [0.717, 1.165) is 84.6 Å². The summed E-state index contributed by atoms with van der Waals surface area (Å²) in [6, 6.07) is 9.78. The molecule has 3 saturated heterocycles. The summed E-state index contributed by atoms with van der Waals surface area (Å²) < 4.78 is 24.4. The van der Waals surface area contributed by atoms with Crippen molar-refractivity contribution < 1.29 is 14.2 Å². The molecule has 0 radical (unpaired) electrons. The molecule has 0 N–H and O–H groups in total. The summed E-state index contributed by atoms with van der Waals surface area (Å²) >= 11 is 0. The molecular formula is C18H29N6O3P. The molecule has 0 unspecified atom stereocenters. The van der Waals surface area contributed by atoms with Crippen LogP contribution in [0.15, 0.2) is 45.5 Å². The van der Waals surface area contributed by atoms with Gasteiger partial charge in [-0.2, -0.15) is 0 Å². The Bertz CT molecular complexity index is 634. The lowest BCUT2D eigenvalue weighted by molar-refractivity contribution is 0.0372. The van der Waals surface area contributed by atoms with Crippen LogP contribution in [0.4, 0.5) is 5.69 Å². The fourth-order valence-electron chi connectivity index (χ4n) is 3.79. The van der Waals surface area contributed by atoms with Gasteiger partial charge in [-0.3, -0.25) is 0 Å². The summed E-state index contributed by atoms with van der Waals surface area (Å²) in [5.41, 5.74) is 0.815. The molecule has 0 aromatic heterocycles. The molecule has 4 rings (SSSR count). The number of morpholine rings is 3. The third-order valence-electron chi connectivity index (χ3n) is 5.18. The van der Waals surface area contributed by atoms with Gasteiger partial charge >= 0.3 is 0 Å². The minimum absolute atomic E-state index is 0.724. The largest absolute Gasteiger partial charge is 0.379 e. The Morgan fingerprint density at radius 3 is 1.50 bits per heavy atom. The van der Waals surface area contributed by atoms with Gasteiger partial charge in [0, 0.05) is 39.3 Å². The van der Waals surface area contributed by atoms with Gasteiger partial charge in [0.2, 0.25) is 0 Å². The second kappa shape index (κ2) is 10.0. The molecule has 1 aromatic carbocycles. The van der Waals surface area contributed by atoms with Gasteiger partial charge in [0.15, 0.2) is 7.51 Å². The van der Waals surface area contributed by atoms with Crippen LogP contribution in [-0.4, -0.2) is 92.9 Å². The minimum atomic E-state index is -2.23. The van der Waals surface area contributed by atoms with E-state index in [0.29, 0.717) is 0 Å². The molecule has 3 heterocycles. The summed E-state index contributed by atoms with van der Waals surface area (Å²) in [6.07, 6.45) is 0. The SMILES string of the molecule is c1ccc(N=NN=P(N2CCOCC2)(N2CCOCC2)N2CCOCC2)cc1. The molecule has 1 aromatic rings. The maximum atomic E-state index is 5.64. The van der Waals surface area contributed by atoms with Crippen LogP contribution in [0.5, 0.6) is 0 Å². The van der Waals surface area contributed by atoms with Crippen molar-refractivity contribution >= 4 is 13.2 Å². The van der Waals surface area contributed by atoms with Crippen LogP contribution in [0.25, 0.3) is 0 Å². The van der Waals surface area contributed by atoms with Crippen molar-refractivity contribution in [3.05, 3.63) is 30.3 Å². The Hall–Kier alpha value is -1.19. The predicted molar refractivity (Wildman–Crippen MR) is 107 cm³/mol. The second-order valence-corrected chi connectivity index (χ2v) is 9.80. The number of rotatable bonds is 5. The molecule has 154 valence electrons. The minimum Gasteiger partial charge on any atom is -0.379 e. The van der Waals surface area contributed by atoms with Crippen molar-refractivity contribution in [2.45, 2.75) is 0 Å². The molecule has 3 fully saturated rings. The average Bonchev–Trinajstić information content (AvgIpc) is 2.79. The molecule has 3 aliphatic rings. The van der Waals surface area contributed by atoms with Crippen molar-refractivity contribution in [3.8, 4) is 0 Å². The maximum absolute atomic E-state index is 5.64. The second-order valence-electron chi connectivity index (χ2n) is 6.85. The Labute approximate surface area is 166 Å². The van der Waals surface area contributed by atoms with E-state index in [4.69, 9.17) is 19.1 Å². The molecule has 28 heavy (non-hydrogen) atoms. The number of ether oxygens (including phenoxy) is 3. The highest BCUT2D eigenvalue weighted by Crippen LogP contribution is 2.60. The zero-order valence-corrected chi connectivity index (χ0v) is 17.1. The molecule has 0 bridgehead atoms. The molecule has 0 saturated carbocycles. The number of nitrogens with zero attached hydrogens (tertiary/aromatic N) is 6. The number of benzene rings is 1. The lowest BCUT2D eigenvalue weighted by Gasteiger charge is -2.51. The third-order valence-corrected chi connectivity index (χ3v) is 8.97. The van der Waals surface area contributed by atoms with Gasteiger partial charge in [0.25, 0.3) is 0 Å². The molecule has 3 aliphatic heterocycles. The van der Waals surface area contributed by atoms with Crippen molar-refractivity contribution in [2.24, 2.45) is 15.2 Å². The van der Waals surface area contributed by atoms with Crippen molar-refractivity contribution in [1.29, 1.82) is 0 Å². The van der Waals surface area contributed by atoms with Gasteiger partial charge in [-0.25, -0.2) is 14.0 Å². The van der Waals surface area contributed by atoms with E-state index < -0.39 is 7.51 Å². The smallest absolute Gasteiger partial charge is 0.195 e. The summed E-state index contributed by atoms with van der Waals surface area (Å²) in [5, 5.41) is 8.78. The van der Waals surface area contributed by atoms with E-state index >= 15 is 0 Å². The van der Waals surface area contributed by atoms with E-state index in [9.17, 15) is 0 Å². The van der Waals surface area contributed by atoms with Gasteiger partial charge in [-0.1, -0.05) is 18.2 Å². The lowest BCUT2D eigenvalue weighted by atomic mass is 10.3. The molecule has 0 atom stereocenters. The van der Waals surface area contributed by atoms with Gasteiger partial charge in [-0.15, -0.1) is 9.97 Å². The highest BCUT2D eigenvalue weighted by Gasteiger charge is 2.42. The summed E-state index contributed by atoms with van der Waals surface area (Å²) in [7, 11) is -2.23. The number of hydrogen-bond donors (Lipinski definition) is 0. The van der Waals surface area contributed by atoms with Gasteiger partial charge in [-0.05, 0) is 17.4 Å². The summed E-state index contributed by atoms with van der Waals surface area (Å²) in [4.78, 5) is 5.00. The van der Waals surface area contributed by atoms with Gasteiger partial charge in [0.1, 0.15) is 0 Å². The van der Waals surface area contributed by atoms with Crippen LogP contribution in [-0.2, 0) is 14.2 Å². The summed E-state index contributed by atoms with van der Waals surface area (Å²) in [5.74, 6) is 0. The van der Waals surface area contributed by atoms with Gasteiger partial charge in [0.05, 0.1) is 45.3 Å². The van der Waals surface area contributed by atoms with Crippen molar-refractivity contribution in [3.63, 3.8) is 0 Å². The highest BCUT2D eigenvalue weighted by molar-refractivity contribution is 7.59. The van der Waals surface area contributed by atoms with E-state index in [-0.39, 0.29) is 0 Å². The maximum Gasteiger partial charge on any atom is 0.195 e. The van der Waals surface area contributed by atoms with E-state index in [1.807, 2.05) is 30.3 Å². The zero-order valence-electron chi connectivity index (χ0n) is 16.2. The first-order chi connectivity index (χ1) is 13.9. The van der Waals surface area contributed by atoms with E-state index in [2.05, 4.69) is 24.3 Å².